The molecular formula is C15H25N3. The maximum absolute atomic E-state index is 4.56. The standard InChI is InChI=1S/C15H25N3/c1-11(2)12-7-4-5-8-13(12)17-15-10-6-9-14(16-3)18-15/h6,9-13H,4-5,7-8H2,1-3H3,(H2,16,17,18). The highest BCUT2D eigenvalue weighted by Gasteiger charge is 2.27. The number of hydrogen-bond donors (Lipinski definition) is 2. The SMILES string of the molecule is CNc1cccc(NC2CCCCC2C(C)C)n1. The molecule has 1 aliphatic rings. The minimum atomic E-state index is 0.582. The third kappa shape index (κ3) is 3.15. The molecule has 0 bridgehead atoms. The third-order valence-corrected chi connectivity index (χ3v) is 4.01. The Morgan fingerprint density at radius 3 is 2.61 bits per heavy atom. The first-order valence-electron chi connectivity index (χ1n) is 7.12. The van der Waals surface area contributed by atoms with Gasteiger partial charge in [0.25, 0.3) is 0 Å². The Kier molecular flexibility index (Phi) is 4.45. The predicted molar refractivity (Wildman–Crippen MR) is 78.0 cm³/mol. The molecule has 2 atom stereocenters. The number of nitrogens with one attached hydrogen (secondary N) is 2. The molecule has 0 saturated heterocycles. The van der Waals surface area contributed by atoms with E-state index in [1.165, 1.54) is 25.7 Å². The van der Waals surface area contributed by atoms with Crippen LogP contribution in [0.1, 0.15) is 39.5 Å². The summed E-state index contributed by atoms with van der Waals surface area (Å²) in [5.41, 5.74) is 0. The van der Waals surface area contributed by atoms with E-state index >= 15 is 0 Å². The monoisotopic (exact) mass is 247 g/mol. The molecule has 1 heterocycles. The fourth-order valence-corrected chi connectivity index (χ4v) is 2.98. The van der Waals surface area contributed by atoms with Gasteiger partial charge in [-0.2, -0.15) is 0 Å². The third-order valence-electron chi connectivity index (χ3n) is 4.01. The van der Waals surface area contributed by atoms with Crippen LogP contribution in [-0.4, -0.2) is 18.1 Å². The molecule has 2 N–H and O–H groups in total. The number of nitrogens with zero attached hydrogens (tertiary/aromatic N) is 1. The van der Waals surface area contributed by atoms with Crippen LogP contribution in [0.4, 0.5) is 11.6 Å². The summed E-state index contributed by atoms with van der Waals surface area (Å²) in [6.07, 6.45) is 5.34. The zero-order valence-corrected chi connectivity index (χ0v) is 11.7. The van der Waals surface area contributed by atoms with Gasteiger partial charge in [0.2, 0.25) is 0 Å². The second-order valence-electron chi connectivity index (χ2n) is 5.60. The van der Waals surface area contributed by atoms with E-state index in [0.29, 0.717) is 6.04 Å². The number of rotatable bonds is 4. The molecule has 0 aromatic carbocycles. The molecule has 1 aliphatic carbocycles. The van der Waals surface area contributed by atoms with Crippen LogP contribution in [0, 0.1) is 11.8 Å². The lowest BCUT2D eigenvalue weighted by molar-refractivity contribution is 0.253. The van der Waals surface area contributed by atoms with Crippen molar-refractivity contribution >= 4 is 11.6 Å². The van der Waals surface area contributed by atoms with Crippen LogP contribution in [0.3, 0.4) is 0 Å². The fourth-order valence-electron chi connectivity index (χ4n) is 2.98. The average Bonchev–Trinajstić information content (AvgIpc) is 2.39. The first-order chi connectivity index (χ1) is 8.70. The van der Waals surface area contributed by atoms with Gasteiger partial charge in [-0.25, -0.2) is 4.98 Å². The zero-order chi connectivity index (χ0) is 13.0. The average molecular weight is 247 g/mol. The maximum atomic E-state index is 4.56. The first-order valence-corrected chi connectivity index (χ1v) is 7.12. The zero-order valence-electron chi connectivity index (χ0n) is 11.7. The summed E-state index contributed by atoms with van der Waals surface area (Å²) < 4.78 is 0. The quantitative estimate of drug-likeness (QED) is 0.851. The van der Waals surface area contributed by atoms with E-state index in [9.17, 15) is 0 Å². The van der Waals surface area contributed by atoms with Gasteiger partial charge >= 0.3 is 0 Å². The van der Waals surface area contributed by atoms with Crippen molar-refractivity contribution in [1.29, 1.82) is 0 Å². The highest BCUT2D eigenvalue weighted by Crippen LogP contribution is 2.32. The van der Waals surface area contributed by atoms with Crippen LogP contribution in [0.2, 0.25) is 0 Å². The summed E-state index contributed by atoms with van der Waals surface area (Å²) in [6.45, 7) is 4.67. The Bertz CT molecular complexity index is 376. The Labute approximate surface area is 110 Å². The van der Waals surface area contributed by atoms with Gasteiger partial charge < -0.3 is 10.6 Å². The summed E-state index contributed by atoms with van der Waals surface area (Å²) in [4.78, 5) is 4.56. The van der Waals surface area contributed by atoms with Crippen LogP contribution in [0.15, 0.2) is 18.2 Å². The lowest BCUT2D eigenvalue weighted by Crippen LogP contribution is -2.35. The number of anilines is 2. The molecule has 3 nitrogen and oxygen atoms in total. The smallest absolute Gasteiger partial charge is 0.128 e. The van der Waals surface area contributed by atoms with Crippen LogP contribution >= 0.6 is 0 Å². The van der Waals surface area contributed by atoms with Gasteiger partial charge in [-0.05, 0) is 36.8 Å². The Morgan fingerprint density at radius 1 is 1.17 bits per heavy atom. The molecule has 18 heavy (non-hydrogen) atoms. The van der Waals surface area contributed by atoms with Crippen LogP contribution in [-0.2, 0) is 0 Å². The second kappa shape index (κ2) is 6.07. The number of hydrogen-bond acceptors (Lipinski definition) is 3. The summed E-state index contributed by atoms with van der Waals surface area (Å²) >= 11 is 0. The summed E-state index contributed by atoms with van der Waals surface area (Å²) in [5, 5.41) is 6.72. The predicted octanol–water partition coefficient (Wildman–Crippen LogP) is 3.75. The van der Waals surface area contributed by atoms with Gasteiger partial charge in [0.05, 0.1) is 0 Å². The largest absolute Gasteiger partial charge is 0.373 e. The van der Waals surface area contributed by atoms with Crippen LogP contribution in [0.25, 0.3) is 0 Å². The molecule has 1 aromatic rings. The molecule has 1 aromatic heterocycles. The van der Waals surface area contributed by atoms with Crippen molar-refractivity contribution in [3.8, 4) is 0 Å². The first kappa shape index (κ1) is 13.2. The fraction of sp³-hybridized carbons (Fsp3) is 0.667. The molecule has 1 fully saturated rings. The van der Waals surface area contributed by atoms with E-state index in [2.05, 4.69) is 35.5 Å². The van der Waals surface area contributed by atoms with Crippen LogP contribution in [0.5, 0.6) is 0 Å². The Morgan fingerprint density at radius 2 is 1.89 bits per heavy atom. The molecule has 0 spiro atoms. The minimum Gasteiger partial charge on any atom is -0.373 e. The van der Waals surface area contributed by atoms with Gasteiger partial charge in [-0.3, -0.25) is 0 Å². The molecule has 100 valence electrons. The van der Waals surface area contributed by atoms with Gasteiger partial charge in [-0.1, -0.05) is 32.8 Å². The summed E-state index contributed by atoms with van der Waals surface area (Å²) in [6, 6.07) is 6.69. The molecule has 0 aliphatic heterocycles. The van der Waals surface area contributed by atoms with Crippen molar-refractivity contribution in [3.63, 3.8) is 0 Å². The second-order valence-corrected chi connectivity index (χ2v) is 5.60. The van der Waals surface area contributed by atoms with E-state index in [4.69, 9.17) is 0 Å². The van der Waals surface area contributed by atoms with E-state index in [1.54, 1.807) is 0 Å². The summed E-state index contributed by atoms with van der Waals surface area (Å²) in [5.74, 6) is 3.45. The maximum Gasteiger partial charge on any atom is 0.128 e. The van der Waals surface area contributed by atoms with Gasteiger partial charge in [-0.15, -0.1) is 0 Å². The Balaban J connectivity index is 2.05. The highest BCUT2D eigenvalue weighted by atomic mass is 15.1. The van der Waals surface area contributed by atoms with Gasteiger partial charge in [0, 0.05) is 13.1 Å². The van der Waals surface area contributed by atoms with Crippen molar-refractivity contribution in [2.45, 2.75) is 45.6 Å². The van der Waals surface area contributed by atoms with E-state index in [-0.39, 0.29) is 0 Å². The number of pyridine rings is 1. The van der Waals surface area contributed by atoms with Gasteiger partial charge in [0.15, 0.2) is 0 Å². The lowest BCUT2D eigenvalue weighted by Gasteiger charge is -2.35. The lowest BCUT2D eigenvalue weighted by atomic mass is 9.78. The van der Waals surface area contributed by atoms with Crippen molar-refractivity contribution in [2.24, 2.45) is 11.8 Å². The topological polar surface area (TPSA) is 37.0 Å². The molecule has 0 radical (unpaired) electrons. The molecule has 1 saturated carbocycles. The molecular weight excluding hydrogens is 222 g/mol. The molecule has 3 heteroatoms. The van der Waals surface area contributed by atoms with Crippen LogP contribution < -0.4 is 10.6 Å². The van der Waals surface area contributed by atoms with E-state index in [1.807, 2.05) is 19.2 Å². The van der Waals surface area contributed by atoms with Crippen molar-refractivity contribution < 1.29 is 0 Å². The number of aromatic nitrogens is 1. The highest BCUT2D eigenvalue weighted by molar-refractivity contribution is 5.45. The molecule has 2 unspecified atom stereocenters. The van der Waals surface area contributed by atoms with Crippen molar-refractivity contribution in [1.82, 2.24) is 4.98 Å². The Hall–Kier alpha value is -1.25. The summed E-state index contributed by atoms with van der Waals surface area (Å²) in [7, 11) is 1.91. The van der Waals surface area contributed by atoms with Gasteiger partial charge in [0.1, 0.15) is 11.6 Å². The molecule has 2 rings (SSSR count). The van der Waals surface area contributed by atoms with E-state index < -0.39 is 0 Å². The molecule has 0 amide bonds. The normalized spacial score (nSPS) is 24.0. The van der Waals surface area contributed by atoms with Crippen molar-refractivity contribution in [3.05, 3.63) is 18.2 Å². The minimum absolute atomic E-state index is 0.582. The van der Waals surface area contributed by atoms with Crippen molar-refractivity contribution in [2.75, 3.05) is 17.7 Å². The van der Waals surface area contributed by atoms with E-state index in [0.717, 1.165) is 23.5 Å².